The number of carbonyl (C=O) groups excluding carboxylic acids is 1. The Kier molecular flexibility index (Phi) is 5.00. The van der Waals surface area contributed by atoms with Gasteiger partial charge in [0.25, 0.3) is 0 Å². The summed E-state index contributed by atoms with van der Waals surface area (Å²) in [6.07, 6.45) is 6.52. The molecule has 1 saturated carbocycles. The molecule has 1 amide bonds. The maximum atomic E-state index is 13.8. The number of halogens is 1. The minimum Gasteiger partial charge on any atom is -0.381 e. The van der Waals surface area contributed by atoms with Gasteiger partial charge in [0.05, 0.1) is 11.4 Å². The van der Waals surface area contributed by atoms with Gasteiger partial charge in [-0.05, 0) is 62.3 Å². The molecule has 4 nitrogen and oxygen atoms in total. The predicted octanol–water partition coefficient (Wildman–Crippen LogP) is 4.78. The zero-order valence-electron chi connectivity index (χ0n) is 16.6. The van der Waals surface area contributed by atoms with Crippen LogP contribution in [0.15, 0.2) is 48.5 Å². The van der Waals surface area contributed by atoms with E-state index < -0.39 is 0 Å². The highest BCUT2D eigenvalue weighted by Gasteiger charge is 2.40. The average Bonchev–Trinajstić information content (AvgIpc) is 3.53. The van der Waals surface area contributed by atoms with Crippen molar-refractivity contribution < 1.29 is 9.18 Å². The maximum absolute atomic E-state index is 13.8. The topological polar surface area (TPSA) is 44.4 Å². The highest BCUT2D eigenvalue weighted by molar-refractivity contribution is 5.96. The molecule has 2 aliphatic heterocycles. The van der Waals surface area contributed by atoms with Gasteiger partial charge >= 0.3 is 0 Å². The van der Waals surface area contributed by atoms with E-state index in [4.69, 9.17) is 0 Å². The van der Waals surface area contributed by atoms with Crippen molar-refractivity contribution >= 4 is 17.3 Å². The third-order valence-corrected chi connectivity index (χ3v) is 6.64. The second kappa shape index (κ2) is 7.79. The molecule has 5 heteroatoms. The summed E-state index contributed by atoms with van der Waals surface area (Å²) < 4.78 is 13.8. The number of nitrogens with one attached hydrogen (secondary N) is 2. The molecule has 1 aliphatic carbocycles. The lowest BCUT2D eigenvalue weighted by atomic mass is 9.96. The number of piperidine rings is 1. The summed E-state index contributed by atoms with van der Waals surface area (Å²) in [6.45, 7) is 1.02. The summed E-state index contributed by atoms with van der Waals surface area (Å²) >= 11 is 0. The van der Waals surface area contributed by atoms with Crippen LogP contribution in [-0.4, -0.2) is 28.9 Å². The van der Waals surface area contributed by atoms with E-state index in [1.807, 2.05) is 0 Å². The second-order valence-electron chi connectivity index (χ2n) is 8.81. The molecule has 152 valence electrons. The Morgan fingerprint density at radius 1 is 0.966 bits per heavy atom. The standard InChI is InChI=1S/C24H28FN3O/c25-18-8-11-22(23(12-18)27-24(29)17-6-7-17)26-19-13-20-9-10-21(14-19)28(20)15-16-4-2-1-3-5-16/h1-5,8,11-12,17,19-21,26H,6-7,9-10,13-15H2,(H,27,29). The zero-order chi connectivity index (χ0) is 19.8. The Bertz CT molecular complexity index is 869. The average molecular weight is 394 g/mol. The third-order valence-electron chi connectivity index (χ3n) is 6.64. The molecule has 29 heavy (non-hydrogen) atoms. The summed E-state index contributed by atoms with van der Waals surface area (Å²) in [4.78, 5) is 14.9. The van der Waals surface area contributed by atoms with Crippen molar-refractivity contribution in [2.45, 2.75) is 63.2 Å². The van der Waals surface area contributed by atoms with E-state index in [-0.39, 0.29) is 17.6 Å². The summed E-state index contributed by atoms with van der Waals surface area (Å²) in [5.41, 5.74) is 2.78. The predicted molar refractivity (Wildman–Crippen MR) is 113 cm³/mol. The van der Waals surface area contributed by atoms with Crippen LogP contribution in [0.25, 0.3) is 0 Å². The van der Waals surface area contributed by atoms with Gasteiger partial charge in [-0.25, -0.2) is 4.39 Å². The largest absolute Gasteiger partial charge is 0.381 e. The van der Waals surface area contributed by atoms with Crippen molar-refractivity contribution in [2.24, 2.45) is 5.92 Å². The summed E-state index contributed by atoms with van der Waals surface area (Å²) in [5.74, 6) is -0.209. The summed E-state index contributed by atoms with van der Waals surface area (Å²) in [7, 11) is 0. The van der Waals surface area contributed by atoms with Gasteiger partial charge in [-0.2, -0.15) is 0 Å². The van der Waals surface area contributed by atoms with Gasteiger partial charge in [0.1, 0.15) is 5.82 Å². The van der Waals surface area contributed by atoms with Gasteiger partial charge in [0.2, 0.25) is 5.91 Å². The number of carbonyl (C=O) groups is 1. The quantitative estimate of drug-likeness (QED) is 0.742. The minimum absolute atomic E-state index is 0.0106. The number of rotatable bonds is 6. The van der Waals surface area contributed by atoms with Gasteiger partial charge in [-0.15, -0.1) is 0 Å². The monoisotopic (exact) mass is 393 g/mol. The summed E-state index contributed by atoms with van der Waals surface area (Å²) in [6, 6.07) is 16.9. The van der Waals surface area contributed by atoms with Crippen LogP contribution in [-0.2, 0) is 11.3 Å². The number of fused-ring (bicyclic) bond motifs is 2. The van der Waals surface area contributed by atoms with Gasteiger partial charge < -0.3 is 10.6 Å². The van der Waals surface area contributed by atoms with Crippen molar-refractivity contribution in [3.63, 3.8) is 0 Å². The molecule has 0 aromatic heterocycles. The van der Waals surface area contributed by atoms with E-state index in [9.17, 15) is 9.18 Å². The molecule has 5 rings (SSSR count). The molecule has 2 unspecified atom stereocenters. The molecular formula is C24H28FN3O. The Morgan fingerprint density at radius 3 is 2.38 bits per heavy atom. The smallest absolute Gasteiger partial charge is 0.227 e. The molecule has 2 aromatic rings. The second-order valence-corrected chi connectivity index (χ2v) is 8.81. The number of hydrogen-bond donors (Lipinski definition) is 2. The molecule has 2 saturated heterocycles. The number of amides is 1. The van der Waals surface area contributed by atoms with Crippen LogP contribution in [0.3, 0.4) is 0 Å². The lowest BCUT2D eigenvalue weighted by Crippen LogP contribution is -2.46. The molecule has 2 N–H and O–H groups in total. The Labute approximate surface area is 171 Å². The first-order chi connectivity index (χ1) is 14.2. The van der Waals surface area contributed by atoms with Crippen LogP contribution < -0.4 is 10.6 Å². The molecular weight excluding hydrogens is 365 g/mol. The van der Waals surface area contributed by atoms with E-state index in [2.05, 4.69) is 45.9 Å². The first-order valence-corrected chi connectivity index (χ1v) is 10.8. The number of benzene rings is 2. The Morgan fingerprint density at radius 2 is 1.69 bits per heavy atom. The van der Waals surface area contributed by atoms with Crippen molar-refractivity contribution in [1.82, 2.24) is 4.90 Å². The lowest BCUT2D eigenvalue weighted by molar-refractivity contribution is -0.117. The van der Waals surface area contributed by atoms with E-state index in [0.29, 0.717) is 23.8 Å². The van der Waals surface area contributed by atoms with Crippen molar-refractivity contribution in [3.05, 3.63) is 59.9 Å². The summed E-state index contributed by atoms with van der Waals surface area (Å²) in [5, 5.41) is 6.55. The number of nitrogens with zero attached hydrogens (tertiary/aromatic N) is 1. The first-order valence-electron chi connectivity index (χ1n) is 10.8. The van der Waals surface area contributed by atoms with Crippen LogP contribution in [0.2, 0.25) is 0 Å². The van der Waals surface area contributed by atoms with Gasteiger partial charge in [-0.1, -0.05) is 30.3 Å². The minimum atomic E-state index is -0.320. The van der Waals surface area contributed by atoms with Crippen LogP contribution >= 0.6 is 0 Å². The fourth-order valence-corrected chi connectivity index (χ4v) is 4.99. The van der Waals surface area contributed by atoms with Gasteiger partial charge in [-0.3, -0.25) is 9.69 Å². The SMILES string of the molecule is O=C(Nc1cc(F)ccc1NC1CC2CCC(C1)N2Cc1ccccc1)C1CC1. The molecule has 0 radical (unpaired) electrons. The first kappa shape index (κ1) is 18.6. The van der Waals surface area contributed by atoms with Crippen LogP contribution in [0.5, 0.6) is 0 Å². The molecule has 2 heterocycles. The molecule has 3 fully saturated rings. The molecule has 2 aromatic carbocycles. The number of anilines is 2. The maximum Gasteiger partial charge on any atom is 0.227 e. The van der Waals surface area contributed by atoms with E-state index in [1.54, 1.807) is 6.07 Å². The molecule has 0 spiro atoms. The fraction of sp³-hybridized carbons (Fsp3) is 0.458. The lowest BCUT2D eigenvalue weighted by Gasteiger charge is -2.39. The fourth-order valence-electron chi connectivity index (χ4n) is 4.99. The zero-order valence-corrected chi connectivity index (χ0v) is 16.6. The van der Waals surface area contributed by atoms with Gasteiger partial charge in [0.15, 0.2) is 0 Å². The third kappa shape index (κ3) is 4.15. The van der Waals surface area contributed by atoms with Crippen molar-refractivity contribution in [1.29, 1.82) is 0 Å². The molecule has 3 aliphatic rings. The molecule has 2 atom stereocenters. The van der Waals surface area contributed by atoms with E-state index in [1.165, 1.54) is 30.5 Å². The van der Waals surface area contributed by atoms with E-state index >= 15 is 0 Å². The Hall–Kier alpha value is -2.40. The molecule has 2 bridgehead atoms. The number of hydrogen-bond acceptors (Lipinski definition) is 3. The van der Waals surface area contributed by atoms with Crippen molar-refractivity contribution in [2.75, 3.05) is 10.6 Å². The van der Waals surface area contributed by atoms with Crippen LogP contribution in [0, 0.1) is 11.7 Å². The van der Waals surface area contributed by atoms with Gasteiger partial charge in [0, 0.05) is 30.6 Å². The Balaban J connectivity index is 1.26. The van der Waals surface area contributed by atoms with Crippen LogP contribution in [0.1, 0.15) is 44.1 Å². The van der Waals surface area contributed by atoms with Crippen LogP contribution in [0.4, 0.5) is 15.8 Å². The normalized spacial score (nSPS) is 26.3. The van der Waals surface area contributed by atoms with Crippen molar-refractivity contribution in [3.8, 4) is 0 Å². The van der Waals surface area contributed by atoms with E-state index in [0.717, 1.165) is 37.9 Å². The highest BCUT2D eigenvalue weighted by atomic mass is 19.1. The highest BCUT2D eigenvalue weighted by Crippen LogP contribution is 2.39.